The summed E-state index contributed by atoms with van der Waals surface area (Å²) in [5.41, 5.74) is 0. The molecule has 0 amide bonds. The molecule has 1 fully saturated rings. The van der Waals surface area contributed by atoms with E-state index in [0.717, 1.165) is 30.5 Å². The smallest absolute Gasteiger partial charge is 0.228 e. The van der Waals surface area contributed by atoms with Crippen molar-refractivity contribution in [2.45, 2.75) is 77.7 Å². The molecule has 1 aromatic rings. The topological polar surface area (TPSA) is 51.0 Å². The molecule has 0 spiro atoms. The number of hydrogen-bond donors (Lipinski definition) is 1. The van der Waals surface area contributed by atoms with Crippen molar-refractivity contribution in [3.8, 4) is 0 Å². The molecular formula is C17H31N3O. The highest BCUT2D eigenvalue weighted by atomic mass is 16.5. The molecule has 4 heteroatoms. The molecule has 1 aliphatic rings. The first-order valence-corrected chi connectivity index (χ1v) is 8.62. The zero-order valence-electron chi connectivity index (χ0n) is 14.1. The normalized spacial score (nSPS) is 24.4. The molecule has 0 aliphatic heterocycles. The predicted octanol–water partition coefficient (Wildman–Crippen LogP) is 3.93. The van der Waals surface area contributed by atoms with Crippen LogP contribution in [0.4, 0.5) is 0 Å². The number of rotatable bonds is 7. The van der Waals surface area contributed by atoms with Crippen molar-refractivity contribution in [2.75, 3.05) is 7.05 Å². The van der Waals surface area contributed by atoms with Gasteiger partial charge in [0.1, 0.15) is 0 Å². The lowest BCUT2D eigenvalue weighted by Gasteiger charge is -2.26. The third-order valence-electron chi connectivity index (χ3n) is 4.79. The van der Waals surface area contributed by atoms with Crippen LogP contribution in [0.2, 0.25) is 0 Å². The number of nitrogens with zero attached hydrogens (tertiary/aromatic N) is 2. The van der Waals surface area contributed by atoms with Gasteiger partial charge in [-0.15, -0.1) is 0 Å². The second kappa shape index (κ2) is 7.92. The van der Waals surface area contributed by atoms with Gasteiger partial charge in [-0.25, -0.2) is 0 Å². The summed E-state index contributed by atoms with van der Waals surface area (Å²) in [5.74, 6) is 3.77. The maximum Gasteiger partial charge on any atom is 0.228 e. The van der Waals surface area contributed by atoms with Crippen LogP contribution in [0.25, 0.3) is 0 Å². The molecule has 3 atom stereocenters. The molecule has 1 heterocycles. The summed E-state index contributed by atoms with van der Waals surface area (Å²) in [7, 11) is 2.01. The Hall–Kier alpha value is -0.900. The maximum absolute atomic E-state index is 5.50. The Morgan fingerprint density at radius 2 is 2.14 bits per heavy atom. The molecule has 1 saturated carbocycles. The first kappa shape index (κ1) is 16.5. The van der Waals surface area contributed by atoms with E-state index in [-0.39, 0.29) is 0 Å². The minimum absolute atomic E-state index is 0.424. The lowest BCUT2D eigenvalue weighted by atomic mass is 9.80. The Morgan fingerprint density at radius 3 is 2.81 bits per heavy atom. The van der Waals surface area contributed by atoms with Gasteiger partial charge in [0, 0.05) is 18.4 Å². The molecule has 21 heavy (non-hydrogen) atoms. The predicted molar refractivity (Wildman–Crippen MR) is 85.3 cm³/mol. The molecular weight excluding hydrogens is 262 g/mol. The van der Waals surface area contributed by atoms with E-state index in [0.29, 0.717) is 17.9 Å². The van der Waals surface area contributed by atoms with Crippen LogP contribution in [-0.4, -0.2) is 23.2 Å². The Kier molecular flexibility index (Phi) is 6.22. The summed E-state index contributed by atoms with van der Waals surface area (Å²) in [6, 6.07) is 0.424. The lowest BCUT2D eigenvalue weighted by Crippen LogP contribution is -2.29. The van der Waals surface area contributed by atoms with Gasteiger partial charge < -0.3 is 9.84 Å². The lowest BCUT2D eigenvalue weighted by molar-refractivity contribution is 0.296. The van der Waals surface area contributed by atoms with E-state index in [1.807, 2.05) is 7.05 Å². The fourth-order valence-electron chi connectivity index (χ4n) is 3.50. The van der Waals surface area contributed by atoms with Crippen LogP contribution in [0.15, 0.2) is 4.52 Å². The van der Waals surface area contributed by atoms with E-state index >= 15 is 0 Å². The van der Waals surface area contributed by atoms with Crippen LogP contribution in [0.3, 0.4) is 0 Å². The number of nitrogens with one attached hydrogen (secondary N) is 1. The number of aromatic nitrogens is 2. The monoisotopic (exact) mass is 293 g/mol. The van der Waals surface area contributed by atoms with Gasteiger partial charge in [-0.1, -0.05) is 45.2 Å². The zero-order chi connectivity index (χ0) is 15.2. The average Bonchev–Trinajstić information content (AvgIpc) is 2.94. The Balaban J connectivity index is 1.94. The zero-order valence-corrected chi connectivity index (χ0v) is 14.1. The van der Waals surface area contributed by atoms with E-state index < -0.39 is 0 Å². The van der Waals surface area contributed by atoms with Crippen LogP contribution in [0, 0.1) is 11.8 Å². The van der Waals surface area contributed by atoms with Gasteiger partial charge in [0.2, 0.25) is 5.89 Å². The number of hydrogen-bond acceptors (Lipinski definition) is 4. The van der Waals surface area contributed by atoms with Crippen LogP contribution in [0.5, 0.6) is 0 Å². The van der Waals surface area contributed by atoms with E-state index in [1.54, 1.807) is 0 Å². The van der Waals surface area contributed by atoms with E-state index in [9.17, 15) is 0 Å². The summed E-state index contributed by atoms with van der Waals surface area (Å²) in [5, 5.41) is 7.62. The van der Waals surface area contributed by atoms with Crippen LogP contribution >= 0.6 is 0 Å². The van der Waals surface area contributed by atoms with Gasteiger partial charge in [-0.05, 0) is 38.1 Å². The van der Waals surface area contributed by atoms with Gasteiger partial charge in [0.15, 0.2) is 5.82 Å². The third-order valence-corrected chi connectivity index (χ3v) is 4.79. The highest BCUT2D eigenvalue weighted by Gasteiger charge is 2.26. The number of likely N-dealkylation sites (N-methyl/N-ethyl adjacent to an activating group) is 1. The molecule has 0 aromatic carbocycles. The second-order valence-electron chi connectivity index (χ2n) is 7.00. The van der Waals surface area contributed by atoms with Gasteiger partial charge >= 0.3 is 0 Å². The molecule has 0 bridgehead atoms. The summed E-state index contributed by atoms with van der Waals surface area (Å²) >= 11 is 0. The molecule has 0 saturated heterocycles. The van der Waals surface area contributed by atoms with E-state index in [4.69, 9.17) is 4.52 Å². The molecule has 4 nitrogen and oxygen atoms in total. The summed E-state index contributed by atoms with van der Waals surface area (Å²) < 4.78 is 5.50. The van der Waals surface area contributed by atoms with Crippen molar-refractivity contribution in [3.05, 3.63) is 11.7 Å². The molecule has 1 aromatic heterocycles. The first-order chi connectivity index (χ1) is 10.1. The average molecular weight is 293 g/mol. The minimum atomic E-state index is 0.424. The SMILES string of the molecule is CCC1CCCC(c2noc(CC(CC(C)C)NC)n2)C1. The van der Waals surface area contributed by atoms with Crippen LogP contribution in [-0.2, 0) is 6.42 Å². The van der Waals surface area contributed by atoms with Gasteiger partial charge in [0.25, 0.3) is 0 Å². The van der Waals surface area contributed by atoms with E-state index in [1.165, 1.54) is 32.1 Å². The fourth-order valence-corrected chi connectivity index (χ4v) is 3.50. The molecule has 2 rings (SSSR count). The molecule has 120 valence electrons. The molecule has 0 radical (unpaired) electrons. The summed E-state index contributed by atoms with van der Waals surface area (Å²) in [6.45, 7) is 6.78. The largest absolute Gasteiger partial charge is 0.339 e. The first-order valence-electron chi connectivity index (χ1n) is 8.62. The van der Waals surface area contributed by atoms with Crippen molar-refractivity contribution in [3.63, 3.8) is 0 Å². The van der Waals surface area contributed by atoms with Crippen molar-refractivity contribution in [2.24, 2.45) is 11.8 Å². The van der Waals surface area contributed by atoms with E-state index in [2.05, 4.69) is 36.2 Å². The fraction of sp³-hybridized carbons (Fsp3) is 0.882. The standard InChI is InChI=1S/C17H31N3O/c1-5-13-7-6-8-14(10-13)17-19-16(21-20-17)11-15(18-4)9-12(2)3/h12-15,18H,5-11H2,1-4H3. The Bertz CT molecular complexity index is 416. The summed E-state index contributed by atoms with van der Waals surface area (Å²) in [6.07, 6.45) is 8.37. The van der Waals surface area contributed by atoms with Gasteiger partial charge in [-0.3, -0.25) is 0 Å². The second-order valence-corrected chi connectivity index (χ2v) is 7.00. The van der Waals surface area contributed by atoms with Crippen LogP contribution in [0.1, 0.15) is 76.9 Å². The third kappa shape index (κ3) is 4.80. The molecule has 3 unspecified atom stereocenters. The Morgan fingerprint density at radius 1 is 1.33 bits per heavy atom. The minimum Gasteiger partial charge on any atom is -0.339 e. The van der Waals surface area contributed by atoms with Gasteiger partial charge in [0.05, 0.1) is 0 Å². The highest BCUT2D eigenvalue weighted by molar-refractivity contribution is 4.99. The molecule has 1 aliphatic carbocycles. The Labute approximate surface area is 129 Å². The van der Waals surface area contributed by atoms with Crippen molar-refractivity contribution in [1.82, 2.24) is 15.5 Å². The van der Waals surface area contributed by atoms with Crippen molar-refractivity contribution < 1.29 is 4.52 Å². The summed E-state index contributed by atoms with van der Waals surface area (Å²) in [4.78, 5) is 4.68. The van der Waals surface area contributed by atoms with Gasteiger partial charge in [-0.2, -0.15) is 4.98 Å². The quantitative estimate of drug-likeness (QED) is 0.827. The molecule has 1 N–H and O–H groups in total. The van der Waals surface area contributed by atoms with Crippen molar-refractivity contribution in [1.29, 1.82) is 0 Å². The highest BCUT2D eigenvalue weighted by Crippen LogP contribution is 2.36. The van der Waals surface area contributed by atoms with Crippen molar-refractivity contribution >= 4 is 0 Å². The maximum atomic E-state index is 5.50. The van der Waals surface area contributed by atoms with Crippen LogP contribution < -0.4 is 5.32 Å².